The summed E-state index contributed by atoms with van der Waals surface area (Å²) in [6.45, 7) is 1.39. The van der Waals surface area contributed by atoms with Gasteiger partial charge >= 0.3 is 0 Å². The van der Waals surface area contributed by atoms with Gasteiger partial charge in [0.25, 0.3) is 5.91 Å². The van der Waals surface area contributed by atoms with E-state index in [0.717, 1.165) is 55.6 Å². The van der Waals surface area contributed by atoms with Crippen molar-refractivity contribution in [3.8, 4) is 5.75 Å². The number of anilines is 1. The van der Waals surface area contributed by atoms with E-state index in [1.807, 2.05) is 53.4 Å². The van der Waals surface area contributed by atoms with Crippen LogP contribution in [0.2, 0.25) is 0 Å². The first-order valence-corrected chi connectivity index (χ1v) is 12.6. The maximum atomic E-state index is 12.8. The van der Waals surface area contributed by atoms with Crippen molar-refractivity contribution in [2.45, 2.75) is 38.5 Å². The Labute approximate surface area is 204 Å². The number of para-hydroxylation sites is 1. The number of rotatable bonds is 8. The van der Waals surface area contributed by atoms with Crippen LogP contribution in [-0.4, -0.2) is 41.2 Å². The molecule has 0 atom stereocenters. The summed E-state index contributed by atoms with van der Waals surface area (Å²) < 4.78 is 5.78. The maximum absolute atomic E-state index is 12.8. The Hall–Kier alpha value is -2.64. The lowest BCUT2D eigenvalue weighted by atomic mass is 10.0. The molecule has 1 fully saturated rings. The molecule has 2 aromatic rings. The number of carbonyl (C=O) groups is 2. The highest BCUT2D eigenvalue weighted by Gasteiger charge is 2.31. The molecule has 2 aliphatic rings. The van der Waals surface area contributed by atoms with Crippen molar-refractivity contribution < 1.29 is 14.3 Å². The molecule has 2 aliphatic heterocycles. The summed E-state index contributed by atoms with van der Waals surface area (Å²) in [4.78, 5) is 29.8. The summed E-state index contributed by atoms with van der Waals surface area (Å²) in [5, 5.41) is 0. The van der Waals surface area contributed by atoms with Gasteiger partial charge in [0, 0.05) is 25.2 Å². The highest BCUT2D eigenvalue weighted by molar-refractivity contribution is 8.26. The summed E-state index contributed by atoms with van der Waals surface area (Å²) in [6.07, 6.45) is 6.98. The van der Waals surface area contributed by atoms with Crippen LogP contribution in [0, 0.1) is 0 Å². The maximum Gasteiger partial charge on any atom is 0.266 e. The van der Waals surface area contributed by atoms with Crippen LogP contribution in [0.4, 0.5) is 5.69 Å². The van der Waals surface area contributed by atoms with E-state index in [2.05, 4.69) is 6.07 Å². The second kappa shape index (κ2) is 11.0. The van der Waals surface area contributed by atoms with E-state index >= 15 is 0 Å². The molecule has 2 amide bonds. The Kier molecular flexibility index (Phi) is 7.83. The summed E-state index contributed by atoms with van der Waals surface area (Å²) >= 11 is 6.78. The highest BCUT2D eigenvalue weighted by Crippen LogP contribution is 2.33. The van der Waals surface area contributed by atoms with Crippen molar-refractivity contribution >= 4 is 51.9 Å². The summed E-state index contributed by atoms with van der Waals surface area (Å²) in [5.41, 5.74) is 3.26. The normalized spacial score (nSPS) is 16.9. The van der Waals surface area contributed by atoms with Crippen LogP contribution >= 0.6 is 24.0 Å². The number of ether oxygens (including phenoxy) is 1. The van der Waals surface area contributed by atoms with Gasteiger partial charge in [-0.05, 0) is 61.1 Å². The number of benzene rings is 2. The van der Waals surface area contributed by atoms with Gasteiger partial charge < -0.3 is 9.64 Å². The van der Waals surface area contributed by atoms with Gasteiger partial charge in [-0.1, -0.05) is 60.7 Å². The quantitative estimate of drug-likeness (QED) is 0.286. The first-order chi connectivity index (χ1) is 16.1. The van der Waals surface area contributed by atoms with E-state index in [1.165, 1.54) is 17.3 Å². The SMILES string of the molecule is COc1ccc(/C=C2\SC(=S)N(CCCCCC(=O)N3CCCc4ccccc43)C2=O)cc1. The molecular formula is C26H28N2O3S2. The van der Waals surface area contributed by atoms with Crippen LogP contribution in [0.15, 0.2) is 53.4 Å². The zero-order valence-corrected chi connectivity index (χ0v) is 20.4. The molecule has 2 aromatic carbocycles. The molecule has 0 radical (unpaired) electrons. The Balaban J connectivity index is 1.24. The molecule has 0 unspecified atom stereocenters. The fourth-order valence-electron chi connectivity index (χ4n) is 4.19. The van der Waals surface area contributed by atoms with Crippen molar-refractivity contribution in [3.05, 3.63) is 64.6 Å². The van der Waals surface area contributed by atoms with E-state index in [1.54, 1.807) is 12.0 Å². The molecule has 7 heteroatoms. The highest BCUT2D eigenvalue weighted by atomic mass is 32.2. The predicted octanol–water partition coefficient (Wildman–Crippen LogP) is 5.44. The van der Waals surface area contributed by atoms with E-state index < -0.39 is 0 Å². The van der Waals surface area contributed by atoms with Gasteiger partial charge in [-0.3, -0.25) is 14.5 Å². The third kappa shape index (κ3) is 5.65. The standard InChI is InChI=1S/C26H28N2O3S2/c1-31-21-14-12-19(13-15-21)18-23-25(30)28(26(32)33-23)16-6-2-3-11-24(29)27-17-7-9-20-8-4-5-10-22(20)27/h4-5,8,10,12-15,18H,2-3,6-7,9,11,16-17H2,1H3/b23-18-. The Morgan fingerprint density at radius 2 is 1.91 bits per heavy atom. The van der Waals surface area contributed by atoms with Gasteiger partial charge in [-0.2, -0.15) is 0 Å². The van der Waals surface area contributed by atoms with Crippen LogP contribution in [0.3, 0.4) is 0 Å². The van der Waals surface area contributed by atoms with Crippen molar-refractivity contribution in [3.63, 3.8) is 0 Å². The van der Waals surface area contributed by atoms with Gasteiger partial charge in [0.05, 0.1) is 12.0 Å². The van der Waals surface area contributed by atoms with Crippen LogP contribution in [0.5, 0.6) is 5.75 Å². The van der Waals surface area contributed by atoms with Crippen LogP contribution in [0.1, 0.15) is 43.2 Å². The van der Waals surface area contributed by atoms with E-state index in [0.29, 0.717) is 22.2 Å². The second-order valence-corrected chi connectivity index (χ2v) is 9.87. The van der Waals surface area contributed by atoms with Crippen molar-refractivity contribution in [1.29, 1.82) is 0 Å². The number of amides is 2. The number of hydrogen-bond donors (Lipinski definition) is 0. The number of thioether (sulfide) groups is 1. The number of thiocarbonyl (C=S) groups is 1. The first kappa shape index (κ1) is 23.5. The fourth-order valence-corrected chi connectivity index (χ4v) is 5.50. The number of carbonyl (C=O) groups excluding carboxylic acids is 2. The Morgan fingerprint density at radius 1 is 1.12 bits per heavy atom. The average molecular weight is 481 g/mol. The minimum absolute atomic E-state index is 0.0400. The smallest absolute Gasteiger partial charge is 0.266 e. The van der Waals surface area contributed by atoms with Crippen molar-refractivity contribution in [1.82, 2.24) is 4.90 Å². The molecule has 1 saturated heterocycles. The molecule has 0 saturated carbocycles. The largest absolute Gasteiger partial charge is 0.497 e. The molecule has 172 valence electrons. The summed E-state index contributed by atoms with van der Waals surface area (Å²) in [6, 6.07) is 15.8. The second-order valence-electron chi connectivity index (χ2n) is 8.19. The molecule has 4 rings (SSSR count). The van der Waals surface area contributed by atoms with E-state index in [9.17, 15) is 9.59 Å². The van der Waals surface area contributed by atoms with E-state index in [4.69, 9.17) is 17.0 Å². The molecule has 2 heterocycles. The van der Waals surface area contributed by atoms with Gasteiger partial charge in [-0.25, -0.2) is 0 Å². The van der Waals surface area contributed by atoms with Gasteiger partial charge in [0.1, 0.15) is 10.1 Å². The molecule has 33 heavy (non-hydrogen) atoms. The fraction of sp³-hybridized carbons (Fsp3) is 0.346. The van der Waals surface area contributed by atoms with Gasteiger partial charge in [0.15, 0.2) is 0 Å². The van der Waals surface area contributed by atoms with Crippen LogP contribution < -0.4 is 9.64 Å². The monoisotopic (exact) mass is 480 g/mol. The Bertz CT molecular complexity index is 1070. The molecule has 5 nitrogen and oxygen atoms in total. The number of hydrogen-bond acceptors (Lipinski definition) is 5. The van der Waals surface area contributed by atoms with E-state index in [-0.39, 0.29) is 11.8 Å². The van der Waals surface area contributed by atoms with Crippen molar-refractivity contribution in [2.75, 3.05) is 25.1 Å². The zero-order valence-electron chi connectivity index (χ0n) is 18.8. The molecular weight excluding hydrogens is 452 g/mol. The number of nitrogens with zero attached hydrogens (tertiary/aromatic N) is 2. The zero-order chi connectivity index (χ0) is 23.2. The lowest BCUT2D eigenvalue weighted by Gasteiger charge is -2.29. The molecule has 0 spiro atoms. The minimum atomic E-state index is -0.0400. The number of fused-ring (bicyclic) bond motifs is 1. The molecule has 0 N–H and O–H groups in total. The third-order valence-corrected chi connectivity index (χ3v) is 7.35. The van der Waals surface area contributed by atoms with Crippen LogP contribution in [-0.2, 0) is 16.0 Å². The third-order valence-electron chi connectivity index (χ3n) is 5.97. The summed E-state index contributed by atoms with van der Waals surface area (Å²) in [5.74, 6) is 0.930. The number of methoxy groups -OCH3 is 1. The lowest BCUT2D eigenvalue weighted by Crippen LogP contribution is -2.35. The average Bonchev–Trinajstić information content (AvgIpc) is 3.11. The van der Waals surface area contributed by atoms with Gasteiger partial charge in [0.2, 0.25) is 5.91 Å². The topological polar surface area (TPSA) is 49.9 Å². The minimum Gasteiger partial charge on any atom is -0.497 e. The number of aryl methyl sites for hydroxylation is 1. The molecule has 0 aliphatic carbocycles. The summed E-state index contributed by atoms with van der Waals surface area (Å²) in [7, 11) is 1.63. The van der Waals surface area contributed by atoms with Crippen molar-refractivity contribution in [2.24, 2.45) is 0 Å². The van der Waals surface area contributed by atoms with Gasteiger partial charge in [-0.15, -0.1) is 0 Å². The molecule has 0 bridgehead atoms. The Morgan fingerprint density at radius 3 is 2.70 bits per heavy atom. The molecule has 0 aromatic heterocycles. The number of unbranched alkanes of at least 4 members (excludes halogenated alkanes) is 2. The van der Waals surface area contributed by atoms with Crippen LogP contribution in [0.25, 0.3) is 6.08 Å². The first-order valence-electron chi connectivity index (χ1n) is 11.3. The predicted molar refractivity (Wildman–Crippen MR) is 138 cm³/mol. The lowest BCUT2D eigenvalue weighted by molar-refractivity contribution is -0.122.